The molecule has 0 spiro atoms. The van der Waals surface area contributed by atoms with Crippen LogP contribution in [0.1, 0.15) is 25.3 Å². The number of anilines is 1. The van der Waals surface area contributed by atoms with Crippen LogP contribution in [-0.2, 0) is 0 Å². The molecular weight excluding hydrogens is 262 g/mol. The molecule has 1 fully saturated rings. The topological polar surface area (TPSA) is 73.3 Å². The zero-order valence-electron chi connectivity index (χ0n) is 12.3. The summed E-state index contributed by atoms with van der Waals surface area (Å²) >= 11 is 0. The van der Waals surface area contributed by atoms with Crippen molar-refractivity contribution in [3.05, 3.63) is 42.0 Å². The number of aliphatic hydroxyl groups is 1. The fraction of sp³-hybridized carbons (Fsp3) is 0.353. The lowest BCUT2D eigenvalue weighted by molar-refractivity contribution is 0.0450. The number of piperidine rings is 1. The van der Waals surface area contributed by atoms with Crippen LogP contribution < -0.4 is 10.6 Å². The molecule has 0 saturated carbocycles. The monoisotopic (exact) mass is 283 g/mol. The summed E-state index contributed by atoms with van der Waals surface area (Å²) in [5, 5.41) is 20.1. The van der Waals surface area contributed by atoms with Gasteiger partial charge in [0.05, 0.1) is 5.60 Å². The molecule has 1 aliphatic rings. The van der Waals surface area contributed by atoms with Crippen molar-refractivity contribution in [2.45, 2.75) is 25.4 Å². The summed E-state index contributed by atoms with van der Waals surface area (Å²) in [5.41, 5.74) is 6.91. The van der Waals surface area contributed by atoms with Crippen LogP contribution in [0.4, 0.5) is 5.69 Å². The highest BCUT2D eigenvalue weighted by Gasteiger charge is 2.29. The Morgan fingerprint density at radius 3 is 2.62 bits per heavy atom. The zero-order valence-corrected chi connectivity index (χ0v) is 12.3. The van der Waals surface area contributed by atoms with Gasteiger partial charge in [-0.3, -0.25) is 5.41 Å². The Bertz CT molecular complexity index is 693. The molecule has 4 heteroatoms. The van der Waals surface area contributed by atoms with Crippen LogP contribution in [-0.4, -0.2) is 29.6 Å². The standard InChI is InChI=1S/C17H21N3O/c1-17(21)9-4-10-20(11-17)15-8-7-14(16(18)19)12-5-2-3-6-13(12)15/h2-3,5-8,21H,4,9-11H2,1H3,(H3,18,19). The predicted molar refractivity (Wildman–Crippen MR) is 87.0 cm³/mol. The van der Waals surface area contributed by atoms with Gasteiger partial charge in [0.2, 0.25) is 0 Å². The second kappa shape index (κ2) is 5.04. The van der Waals surface area contributed by atoms with Crippen LogP contribution in [0, 0.1) is 5.41 Å². The van der Waals surface area contributed by atoms with E-state index in [4.69, 9.17) is 11.1 Å². The van der Waals surface area contributed by atoms with Crippen LogP contribution in [0.15, 0.2) is 36.4 Å². The van der Waals surface area contributed by atoms with Crippen molar-refractivity contribution in [3.63, 3.8) is 0 Å². The van der Waals surface area contributed by atoms with Crippen molar-refractivity contribution in [2.75, 3.05) is 18.0 Å². The third kappa shape index (κ3) is 2.59. The van der Waals surface area contributed by atoms with E-state index < -0.39 is 5.60 Å². The highest BCUT2D eigenvalue weighted by molar-refractivity contribution is 6.10. The molecule has 1 unspecified atom stereocenters. The second-order valence-corrected chi connectivity index (χ2v) is 6.11. The van der Waals surface area contributed by atoms with Crippen LogP contribution in [0.3, 0.4) is 0 Å². The number of nitrogens with two attached hydrogens (primary N) is 1. The van der Waals surface area contributed by atoms with E-state index in [2.05, 4.69) is 11.0 Å². The number of nitrogen functional groups attached to an aromatic ring is 1. The minimum absolute atomic E-state index is 0.0865. The van der Waals surface area contributed by atoms with E-state index in [0.29, 0.717) is 6.54 Å². The SMILES string of the molecule is CC1(O)CCCN(c2ccc(C(=N)N)c3ccccc23)C1. The van der Waals surface area contributed by atoms with Crippen molar-refractivity contribution in [3.8, 4) is 0 Å². The van der Waals surface area contributed by atoms with Crippen LogP contribution in [0.25, 0.3) is 10.8 Å². The van der Waals surface area contributed by atoms with Crippen molar-refractivity contribution in [2.24, 2.45) is 5.73 Å². The molecule has 3 rings (SSSR count). The average molecular weight is 283 g/mol. The minimum Gasteiger partial charge on any atom is -0.388 e. The van der Waals surface area contributed by atoms with Gasteiger partial charge in [-0.2, -0.15) is 0 Å². The third-order valence-corrected chi connectivity index (χ3v) is 4.21. The summed E-state index contributed by atoms with van der Waals surface area (Å²) in [5.74, 6) is 0.0865. The number of hydrogen-bond donors (Lipinski definition) is 3. The molecule has 4 N–H and O–H groups in total. The summed E-state index contributed by atoms with van der Waals surface area (Å²) in [6, 6.07) is 11.9. The number of nitrogens with zero attached hydrogens (tertiary/aromatic N) is 1. The van der Waals surface area contributed by atoms with E-state index in [9.17, 15) is 5.11 Å². The zero-order chi connectivity index (χ0) is 15.0. The Labute approximate surface area is 124 Å². The van der Waals surface area contributed by atoms with Gasteiger partial charge in [-0.1, -0.05) is 24.3 Å². The largest absolute Gasteiger partial charge is 0.388 e. The second-order valence-electron chi connectivity index (χ2n) is 6.11. The molecule has 0 radical (unpaired) electrons. The average Bonchev–Trinajstić information content (AvgIpc) is 2.44. The summed E-state index contributed by atoms with van der Waals surface area (Å²) in [6.07, 6.45) is 1.82. The predicted octanol–water partition coefficient (Wildman–Crippen LogP) is 2.48. The molecule has 2 aromatic rings. The Balaban J connectivity index is 2.12. The lowest BCUT2D eigenvalue weighted by atomic mass is 9.93. The number of amidine groups is 1. The number of fused-ring (bicyclic) bond motifs is 1. The summed E-state index contributed by atoms with van der Waals surface area (Å²) < 4.78 is 0. The van der Waals surface area contributed by atoms with E-state index in [1.165, 1.54) is 0 Å². The normalized spacial score (nSPS) is 22.5. The van der Waals surface area contributed by atoms with E-state index in [-0.39, 0.29) is 5.84 Å². The Kier molecular flexibility index (Phi) is 3.33. The Morgan fingerprint density at radius 2 is 1.95 bits per heavy atom. The van der Waals surface area contributed by atoms with E-state index >= 15 is 0 Å². The molecule has 0 bridgehead atoms. The number of nitrogens with one attached hydrogen (secondary N) is 1. The van der Waals surface area contributed by atoms with Crippen LogP contribution in [0.2, 0.25) is 0 Å². The maximum atomic E-state index is 10.3. The van der Waals surface area contributed by atoms with Crippen LogP contribution >= 0.6 is 0 Å². The summed E-state index contributed by atoms with van der Waals surface area (Å²) in [7, 11) is 0. The van der Waals surface area contributed by atoms with Gasteiger partial charge < -0.3 is 15.7 Å². The number of rotatable bonds is 2. The van der Waals surface area contributed by atoms with Gasteiger partial charge in [-0.25, -0.2) is 0 Å². The lowest BCUT2D eigenvalue weighted by Crippen LogP contribution is -2.46. The Hall–Kier alpha value is -2.07. The first-order chi connectivity index (χ1) is 9.98. The van der Waals surface area contributed by atoms with Gasteiger partial charge >= 0.3 is 0 Å². The minimum atomic E-state index is -0.640. The number of β-amino-alcohol motifs (C(OH)–C–C–N with tert-alkyl or cyclic N) is 1. The number of benzene rings is 2. The molecule has 0 aliphatic carbocycles. The highest BCUT2D eigenvalue weighted by atomic mass is 16.3. The van der Waals surface area contributed by atoms with Gasteiger partial charge in [-0.15, -0.1) is 0 Å². The van der Waals surface area contributed by atoms with Crippen LogP contribution in [0.5, 0.6) is 0 Å². The first-order valence-electron chi connectivity index (χ1n) is 7.31. The van der Waals surface area contributed by atoms with Gasteiger partial charge in [0.25, 0.3) is 0 Å². The lowest BCUT2D eigenvalue weighted by Gasteiger charge is -2.38. The van der Waals surface area contributed by atoms with Gasteiger partial charge in [0.15, 0.2) is 0 Å². The van der Waals surface area contributed by atoms with E-state index in [1.54, 1.807) is 0 Å². The number of hydrogen-bond acceptors (Lipinski definition) is 3. The fourth-order valence-electron chi connectivity index (χ4n) is 3.22. The molecule has 1 atom stereocenters. The molecular formula is C17H21N3O. The van der Waals surface area contributed by atoms with Gasteiger partial charge in [-0.05, 0) is 37.3 Å². The summed E-state index contributed by atoms with van der Waals surface area (Å²) in [4.78, 5) is 2.23. The molecule has 21 heavy (non-hydrogen) atoms. The molecule has 1 heterocycles. The Morgan fingerprint density at radius 1 is 1.24 bits per heavy atom. The molecule has 0 amide bonds. The molecule has 0 aromatic heterocycles. The quantitative estimate of drug-likeness (QED) is 0.585. The molecule has 1 saturated heterocycles. The molecule has 4 nitrogen and oxygen atoms in total. The maximum absolute atomic E-state index is 10.3. The van der Waals surface area contributed by atoms with Gasteiger partial charge in [0.1, 0.15) is 5.84 Å². The van der Waals surface area contributed by atoms with Gasteiger partial charge in [0, 0.05) is 29.7 Å². The van der Waals surface area contributed by atoms with E-state index in [1.807, 2.05) is 37.3 Å². The van der Waals surface area contributed by atoms with E-state index in [0.717, 1.165) is 41.4 Å². The smallest absolute Gasteiger partial charge is 0.123 e. The molecule has 1 aliphatic heterocycles. The first-order valence-corrected chi connectivity index (χ1v) is 7.31. The maximum Gasteiger partial charge on any atom is 0.123 e. The van der Waals surface area contributed by atoms with Crippen molar-refractivity contribution < 1.29 is 5.11 Å². The fourth-order valence-corrected chi connectivity index (χ4v) is 3.22. The molecule has 110 valence electrons. The van der Waals surface area contributed by atoms with Crippen molar-refractivity contribution >= 4 is 22.3 Å². The third-order valence-electron chi connectivity index (χ3n) is 4.21. The molecule has 2 aromatic carbocycles. The highest BCUT2D eigenvalue weighted by Crippen LogP contribution is 2.33. The first kappa shape index (κ1) is 13.9. The summed E-state index contributed by atoms with van der Waals surface area (Å²) in [6.45, 7) is 3.47. The van der Waals surface area contributed by atoms with Crippen molar-refractivity contribution in [1.82, 2.24) is 0 Å². The van der Waals surface area contributed by atoms with Crippen molar-refractivity contribution in [1.29, 1.82) is 5.41 Å².